The summed E-state index contributed by atoms with van der Waals surface area (Å²) in [7, 11) is 0. The second-order valence-electron chi connectivity index (χ2n) is 4.16. The van der Waals surface area contributed by atoms with Gasteiger partial charge < -0.3 is 5.11 Å². The molecule has 4 heteroatoms. The lowest BCUT2D eigenvalue weighted by Gasteiger charge is -2.32. The Kier molecular flexibility index (Phi) is 4.68. The molecule has 2 amide bonds. The Morgan fingerprint density at radius 1 is 1.44 bits per heavy atom. The van der Waals surface area contributed by atoms with Crippen molar-refractivity contribution in [1.82, 2.24) is 4.90 Å². The van der Waals surface area contributed by atoms with E-state index in [9.17, 15) is 9.59 Å². The number of imide groups is 1. The molecule has 0 aliphatic carbocycles. The van der Waals surface area contributed by atoms with E-state index in [0.717, 1.165) is 19.3 Å². The van der Waals surface area contributed by atoms with Gasteiger partial charge in [0.05, 0.1) is 13.2 Å². The average Bonchev–Trinajstić information content (AvgIpc) is 2.27. The van der Waals surface area contributed by atoms with Crippen molar-refractivity contribution in [3.05, 3.63) is 11.1 Å². The molecule has 0 saturated carbocycles. The number of β-lactam (4-membered cyclic amide) rings is 1. The summed E-state index contributed by atoms with van der Waals surface area (Å²) in [6.45, 7) is 4.05. The second-order valence-corrected chi connectivity index (χ2v) is 4.16. The summed E-state index contributed by atoms with van der Waals surface area (Å²) >= 11 is 0. The van der Waals surface area contributed by atoms with Gasteiger partial charge >= 0.3 is 0 Å². The van der Waals surface area contributed by atoms with Crippen LogP contribution in [-0.4, -0.2) is 35.0 Å². The van der Waals surface area contributed by atoms with E-state index >= 15 is 0 Å². The van der Waals surface area contributed by atoms with Gasteiger partial charge in [-0.1, -0.05) is 19.8 Å². The number of amides is 2. The van der Waals surface area contributed by atoms with Crippen LogP contribution in [0.25, 0.3) is 0 Å². The van der Waals surface area contributed by atoms with Crippen molar-refractivity contribution in [2.24, 2.45) is 0 Å². The molecule has 0 bridgehead atoms. The highest BCUT2D eigenvalue weighted by Crippen LogP contribution is 2.21. The molecule has 0 aromatic heterocycles. The molecule has 0 spiro atoms. The molecule has 1 rings (SSSR count). The van der Waals surface area contributed by atoms with Gasteiger partial charge in [-0.05, 0) is 18.9 Å². The first-order valence-corrected chi connectivity index (χ1v) is 5.76. The molecule has 0 atom stereocenters. The number of hydrogen-bond acceptors (Lipinski definition) is 3. The van der Waals surface area contributed by atoms with Crippen molar-refractivity contribution in [2.45, 2.75) is 39.5 Å². The zero-order valence-electron chi connectivity index (χ0n) is 9.95. The maximum atomic E-state index is 11.6. The Balaban J connectivity index is 2.43. The molecule has 1 aliphatic rings. The van der Waals surface area contributed by atoms with Crippen molar-refractivity contribution in [1.29, 1.82) is 0 Å². The number of likely N-dealkylation sites (tertiary alicyclic amines) is 1. The molecular formula is C12H19NO3. The lowest BCUT2D eigenvalue weighted by atomic mass is 10.00. The van der Waals surface area contributed by atoms with Gasteiger partial charge in [0.15, 0.2) is 0 Å². The number of carbonyl (C=O) groups excluding carboxylic acids is 2. The third-order valence-electron chi connectivity index (χ3n) is 2.87. The van der Waals surface area contributed by atoms with E-state index < -0.39 is 0 Å². The zero-order valence-corrected chi connectivity index (χ0v) is 9.95. The van der Waals surface area contributed by atoms with Gasteiger partial charge in [-0.25, -0.2) is 0 Å². The molecular weight excluding hydrogens is 206 g/mol. The number of aliphatic hydroxyl groups is 1. The lowest BCUT2D eigenvalue weighted by Crippen LogP contribution is -2.50. The number of nitrogens with zero attached hydrogens (tertiary/aromatic N) is 1. The summed E-state index contributed by atoms with van der Waals surface area (Å²) in [4.78, 5) is 24.4. The topological polar surface area (TPSA) is 57.6 Å². The molecule has 4 nitrogen and oxygen atoms in total. The van der Waals surface area contributed by atoms with Crippen molar-refractivity contribution in [2.75, 3.05) is 13.2 Å². The fraction of sp³-hybridized carbons (Fsp3) is 0.667. The van der Waals surface area contributed by atoms with E-state index in [4.69, 9.17) is 5.11 Å². The van der Waals surface area contributed by atoms with Crippen LogP contribution in [-0.2, 0) is 9.59 Å². The third-order valence-corrected chi connectivity index (χ3v) is 2.87. The summed E-state index contributed by atoms with van der Waals surface area (Å²) in [5.41, 5.74) is 1.26. The van der Waals surface area contributed by atoms with E-state index in [1.807, 2.05) is 0 Å². The molecule has 1 heterocycles. The minimum atomic E-state index is -0.229. The number of hydrogen-bond donors (Lipinski definition) is 1. The standard InChI is InChI=1S/C12H19NO3/c1-3-4-5-6-11(15)13-7-10(12(13)16)9(2)8-14/h14H,3-8H2,1-2H3/b10-9+. The second kappa shape index (κ2) is 5.80. The quantitative estimate of drug-likeness (QED) is 0.435. The minimum Gasteiger partial charge on any atom is -0.392 e. The molecule has 0 radical (unpaired) electrons. The predicted molar refractivity (Wildman–Crippen MR) is 60.6 cm³/mol. The molecule has 1 saturated heterocycles. The third kappa shape index (κ3) is 2.70. The van der Waals surface area contributed by atoms with Gasteiger partial charge in [-0.2, -0.15) is 0 Å². The van der Waals surface area contributed by atoms with Crippen LogP contribution in [0.15, 0.2) is 11.1 Å². The number of rotatable bonds is 5. The van der Waals surface area contributed by atoms with Crippen molar-refractivity contribution in [3.63, 3.8) is 0 Å². The van der Waals surface area contributed by atoms with E-state index in [0.29, 0.717) is 24.1 Å². The molecule has 1 N–H and O–H groups in total. The monoisotopic (exact) mass is 225 g/mol. The molecule has 1 aliphatic heterocycles. The maximum absolute atomic E-state index is 11.6. The van der Waals surface area contributed by atoms with E-state index in [1.165, 1.54) is 4.90 Å². The normalized spacial score (nSPS) is 18.4. The predicted octanol–water partition coefficient (Wildman–Crippen LogP) is 1.24. The molecule has 1 fully saturated rings. The maximum Gasteiger partial charge on any atom is 0.258 e. The van der Waals surface area contributed by atoms with Gasteiger partial charge in [0.1, 0.15) is 0 Å². The Morgan fingerprint density at radius 3 is 2.62 bits per heavy atom. The minimum absolute atomic E-state index is 0.0899. The zero-order chi connectivity index (χ0) is 12.1. The largest absolute Gasteiger partial charge is 0.392 e. The first kappa shape index (κ1) is 12.9. The number of carbonyl (C=O) groups is 2. The summed E-state index contributed by atoms with van der Waals surface area (Å²) in [6.07, 6.45) is 3.38. The molecule has 0 aromatic rings. The van der Waals surface area contributed by atoms with E-state index in [-0.39, 0.29) is 18.4 Å². The van der Waals surface area contributed by atoms with Crippen LogP contribution >= 0.6 is 0 Å². The van der Waals surface area contributed by atoms with Gasteiger partial charge in [-0.3, -0.25) is 14.5 Å². The van der Waals surface area contributed by atoms with Crippen LogP contribution < -0.4 is 0 Å². The van der Waals surface area contributed by atoms with Crippen LogP contribution in [0.3, 0.4) is 0 Å². The van der Waals surface area contributed by atoms with Crippen LogP contribution in [0.4, 0.5) is 0 Å². The Hall–Kier alpha value is -1.16. The van der Waals surface area contributed by atoms with Gasteiger partial charge in [0.25, 0.3) is 5.91 Å². The molecule has 90 valence electrons. The fourth-order valence-corrected chi connectivity index (χ4v) is 1.64. The van der Waals surface area contributed by atoms with Crippen LogP contribution in [0.5, 0.6) is 0 Å². The number of aliphatic hydroxyl groups excluding tert-OH is 1. The Morgan fingerprint density at radius 2 is 2.12 bits per heavy atom. The smallest absolute Gasteiger partial charge is 0.258 e. The summed E-state index contributed by atoms with van der Waals surface area (Å²) in [5.74, 6) is -0.319. The lowest BCUT2D eigenvalue weighted by molar-refractivity contribution is -0.147. The van der Waals surface area contributed by atoms with Gasteiger partial charge in [0.2, 0.25) is 5.91 Å². The van der Waals surface area contributed by atoms with Gasteiger partial charge in [-0.15, -0.1) is 0 Å². The molecule has 0 unspecified atom stereocenters. The Labute approximate surface area is 95.9 Å². The van der Waals surface area contributed by atoms with E-state index in [2.05, 4.69) is 6.92 Å². The molecule has 16 heavy (non-hydrogen) atoms. The van der Waals surface area contributed by atoms with Crippen molar-refractivity contribution in [3.8, 4) is 0 Å². The highest BCUT2D eigenvalue weighted by atomic mass is 16.3. The highest BCUT2D eigenvalue weighted by Gasteiger charge is 2.35. The van der Waals surface area contributed by atoms with Crippen molar-refractivity contribution < 1.29 is 14.7 Å². The van der Waals surface area contributed by atoms with Crippen LogP contribution in [0, 0.1) is 0 Å². The first-order valence-electron chi connectivity index (χ1n) is 5.76. The van der Waals surface area contributed by atoms with E-state index in [1.54, 1.807) is 6.92 Å². The summed E-state index contributed by atoms with van der Waals surface area (Å²) in [5, 5.41) is 8.87. The fourth-order valence-electron chi connectivity index (χ4n) is 1.64. The van der Waals surface area contributed by atoms with Crippen molar-refractivity contribution >= 4 is 11.8 Å². The SMILES string of the molecule is CCCCCC(=O)N1C/C(=C(/C)CO)C1=O. The highest BCUT2D eigenvalue weighted by molar-refractivity contribution is 6.11. The summed E-state index contributed by atoms with van der Waals surface area (Å²) in [6, 6.07) is 0. The first-order chi connectivity index (χ1) is 7.61. The van der Waals surface area contributed by atoms with Crippen LogP contribution in [0.2, 0.25) is 0 Å². The van der Waals surface area contributed by atoms with Crippen LogP contribution in [0.1, 0.15) is 39.5 Å². The number of unbranched alkanes of at least 4 members (excludes halogenated alkanes) is 2. The van der Waals surface area contributed by atoms with Gasteiger partial charge in [0, 0.05) is 12.0 Å². The molecule has 0 aromatic carbocycles. The summed E-state index contributed by atoms with van der Waals surface area (Å²) < 4.78 is 0. The Bertz CT molecular complexity index is 320. The average molecular weight is 225 g/mol.